The molecule has 1 atom stereocenters. The molecule has 1 unspecified atom stereocenters. The third-order valence-corrected chi connectivity index (χ3v) is 5.77. The van der Waals surface area contributed by atoms with Crippen molar-refractivity contribution in [3.8, 4) is 6.07 Å². The molecule has 158 valence electrons. The van der Waals surface area contributed by atoms with E-state index in [2.05, 4.69) is 29.8 Å². The Kier molecular flexibility index (Phi) is 7.23. The van der Waals surface area contributed by atoms with Gasteiger partial charge in [-0.3, -0.25) is 9.59 Å². The maximum Gasteiger partial charge on any atom is 0.265 e. The predicted molar refractivity (Wildman–Crippen MR) is 118 cm³/mol. The number of carbonyl (C=O) groups excluding carboxylic acids is 2. The van der Waals surface area contributed by atoms with Gasteiger partial charge in [0.25, 0.3) is 5.91 Å². The topological polar surface area (TPSA) is 78.1 Å². The molecule has 0 aliphatic carbocycles. The number of nitrogens with one attached hydrogen (secondary N) is 1. The Morgan fingerprint density at radius 1 is 1.38 bits per heavy atom. The van der Waals surface area contributed by atoms with Crippen molar-refractivity contribution in [1.82, 2.24) is 14.8 Å². The quantitative estimate of drug-likeness (QED) is 0.589. The van der Waals surface area contributed by atoms with Crippen LogP contribution in [0.1, 0.15) is 51.6 Å². The highest BCUT2D eigenvalue weighted by Gasteiger charge is 2.37. The Labute approximate surface area is 178 Å². The highest BCUT2D eigenvalue weighted by Crippen LogP contribution is 2.25. The number of hydrogen-bond acceptors (Lipinski definition) is 4. The molecular weight excluding hydrogens is 384 g/mol. The number of nitriles is 1. The molecule has 2 rings (SSSR count). The fourth-order valence-electron chi connectivity index (χ4n) is 3.38. The minimum absolute atomic E-state index is 0.0610. The summed E-state index contributed by atoms with van der Waals surface area (Å²) in [4.78, 5) is 27.2. The molecule has 1 aliphatic heterocycles. The van der Waals surface area contributed by atoms with Crippen LogP contribution in [0.5, 0.6) is 0 Å². The van der Waals surface area contributed by atoms with Crippen molar-refractivity contribution in [3.05, 3.63) is 28.6 Å². The molecule has 6 nitrogen and oxygen atoms in total. The smallest absolute Gasteiger partial charge is 0.265 e. The number of aromatic nitrogens is 1. The second-order valence-electron chi connectivity index (χ2n) is 9.03. The minimum atomic E-state index is -0.558. The molecule has 2 heterocycles. The number of thioether (sulfide) groups is 1. The van der Waals surface area contributed by atoms with Gasteiger partial charge in [0.1, 0.15) is 17.7 Å². The summed E-state index contributed by atoms with van der Waals surface area (Å²) in [5.41, 5.74) is 2.70. The van der Waals surface area contributed by atoms with E-state index in [0.717, 1.165) is 23.5 Å². The largest absolute Gasteiger partial charge is 0.350 e. The van der Waals surface area contributed by atoms with Crippen molar-refractivity contribution in [2.24, 2.45) is 5.92 Å². The number of nitrogens with zero attached hydrogens (tertiary/aromatic N) is 3. The average molecular weight is 417 g/mol. The summed E-state index contributed by atoms with van der Waals surface area (Å²) in [7, 11) is 0. The van der Waals surface area contributed by atoms with Crippen LogP contribution in [0.3, 0.4) is 0 Å². The summed E-state index contributed by atoms with van der Waals surface area (Å²) in [5.74, 6) is 0.878. The maximum atomic E-state index is 13.1. The monoisotopic (exact) mass is 416 g/mol. The lowest BCUT2D eigenvalue weighted by Crippen LogP contribution is -2.52. The second kappa shape index (κ2) is 9.08. The molecule has 1 saturated heterocycles. The number of aryl methyl sites for hydroxylation is 1. The Bertz CT molecular complexity index is 855. The van der Waals surface area contributed by atoms with Gasteiger partial charge in [0, 0.05) is 29.2 Å². The van der Waals surface area contributed by atoms with Crippen molar-refractivity contribution in [3.63, 3.8) is 0 Å². The molecular formula is C22H32N4O2S. The van der Waals surface area contributed by atoms with E-state index < -0.39 is 6.04 Å². The fourth-order valence-corrected chi connectivity index (χ4v) is 4.54. The lowest BCUT2D eigenvalue weighted by molar-refractivity contribution is -0.135. The van der Waals surface area contributed by atoms with E-state index >= 15 is 0 Å². The Morgan fingerprint density at radius 2 is 2.03 bits per heavy atom. The normalized spacial score (nSPS) is 17.6. The molecule has 1 N–H and O–H groups in total. The molecule has 1 aliphatic rings. The lowest BCUT2D eigenvalue weighted by Gasteiger charge is -2.27. The molecule has 0 bridgehead atoms. The highest BCUT2D eigenvalue weighted by atomic mass is 32.2. The summed E-state index contributed by atoms with van der Waals surface area (Å²) in [6.07, 6.45) is 1.66. The van der Waals surface area contributed by atoms with Gasteiger partial charge in [0.2, 0.25) is 5.91 Å². The van der Waals surface area contributed by atoms with E-state index in [1.807, 2.05) is 40.7 Å². The molecule has 0 spiro atoms. The highest BCUT2D eigenvalue weighted by molar-refractivity contribution is 7.99. The Hall–Kier alpha value is -2.20. The molecule has 0 aromatic carbocycles. The zero-order chi connectivity index (χ0) is 21.9. The third kappa shape index (κ3) is 5.66. The summed E-state index contributed by atoms with van der Waals surface area (Å²) >= 11 is 1.53. The number of carbonyl (C=O) groups is 2. The van der Waals surface area contributed by atoms with Gasteiger partial charge in [-0.25, -0.2) is 0 Å². The van der Waals surface area contributed by atoms with E-state index in [-0.39, 0.29) is 22.9 Å². The first kappa shape index (κ1) is 23.1. The van der Waals surface area contributed by atoms with E-state index in [0.29, 0.717) is 17.5 Å². The fraction of sp³-hybridized carbons (Fsp3) is 0.591. The second-order valence-corrected chi connectivity index (χ2v) is 10.0. The van der Waals surface area contributed by atoms with Gasteiger partial charge < -0.3 is 14.8 Å². The summed E-state index contributed by atoms with van der Waals surface area (Å²) in [5, 5.41) is 12.6. The number of hydrogen-bond donors (Lipinski definition) is 1. The van der Waals surface area contributed by atoms with Crippen LogP contribution in [-0.2, 0) is 16.1 Å². The van der Waals surface area contributed by atoms with Gasteiger partial charge in [-0.15, -0.1) is 11.8 Å². The molecule has 1 aromatic rings. The maximum absolute atomic E-state index is 13.1. The van der Waals surface area contributed by atoms with Gasteiger partial charge in [-0.2, -0.15) is 5.26 Å². The lowest BCUT2D eigenvalue weighted by atomic mass is 10.1. The van der Waals surface area contributed by atoms with E-state index in [1.54, 1.807) is 6.08 Å². The van der Waals surface area contributed by atoms with Gasteiger partial charge in [-0.05, 0) is 58.2 Å². The SMILES string of the molecule is Cc1cc(/C=C(/C#N)C(=O)N2CSCC2C(=O)NC(C)(C)C)c(C)n1CC(C)C. The molecule has 29 heavy (non-hydrogen) atoms. The van der Waals surface area contributed by atoms with Crippen LogP contribution in [0.2, 0.25) is 0 Å². The first-order chi connectivity index (χ1) is 13.4. The average Bonchev–Trinajstić information content (AvgIpc) is 3.18. The first-order valence-electron chi connectivity index (χ1n) is 9.94. The zero-order valence-corrected chi connectivity index (χ0v) is 19.3. The van der Waals surface area contributed by atoms with E-state index in [4.69, 9.17) is 0 Å². The van der Waals surface area contributed by atoms with Crippen LogP contribution in [0.4, 0.5) is 0 Å². The van der Waals surface area contributed by atoms with Crippen LogP contribution >= 0.6 is 11.8 Å². The Balaban J connectivity index is 2.29. The van der Waals surface area contributed by atoms with E-state index in [9.17, 15) is 14.9 Å². The van der Waals surface area contributed by atoms with Gasteiger partial charge in [-0.1, -0.05) is 13.8 Å². The van der Waals surface area contributed by atoms with Gasteiger partial charge >= 0.3 is 0 Å². The van der Waals surface area contributed by atoms with Crippen molar-refractivity contribution in [2.75, 3.05) is 11.6 Å². The van der Waals surface area contributed by atoms with E-state index in [1.165, 1.54) is 16.7 Å². The van der Waals surface area contributed by atoms with Crippen molar-refractivity contribution in [1.29, 1.82) is 5.26 Å². The van der Waals surface area contributed by atoms with Gasteiger partial charge in [0.05, 0.1) is 5.88 Å². The predicted octanol–water partition coefficient (Wildman–Crippen LogP) is 3.48. The minimum Gasteiger partial charge on any atom is -0.350 e. The standard InChI is InChI=1S/C22H32N4O2S/c1-14(2)11-25-15(3)8-17(16(25)4)9-18(10-23)21(28)26-13-29-12-19(26)20(27)24-22(5,6)7/h8-9,14,19H,11-13H2,1-7H3,(H,24,27)/b18-9-. The molecule has 7 heteroatoms. The Morgan fingerprint density at radius 3 is 2.59 bits per heavy atom. The van der Waals surface area contributed by atoms with Crippen molar-refractivity contribution in [2.45, 2.75) is 66.6 Å². The van der Waals surface area contributed by atoms with Crippen molar-refractivity contribution >= 4 is 29.7 Å². The number of rotatable bonds is 5. The number of amides is 2. The van der Waals surface area contributed by atoms with Crippen LogP contribution in [0.15, 0.2) is 11.6 Å². The van der Waals surface area contributed by atoms with Crippen molar-refractivity contribution < 1.29 is 9.59 Å². The molecule has 0 radical (unpaired) electrons. The zero-order valence-electron chi connectivity index (χ0n) is 18.5. The molecule has 0 saturated carbocycles. The van der Waals surface area contributed by atoms with Crippen LogP contribution < -0.4 is 5.32 Å². The summed E-state index contributed by atoms with van der Waals surface area (Å²) < 4.78 is 2.21. The van der Waals surface area contributed by atoms with Crippen LogP contribution in [0.25, 0.3) is 6.08 Å². The van der Waals surface area contributed by atoms with Crippen LogP contribution in [-0.4, -0.2) is 44.5 Å². The first-order valence-corrected chi connectivity index (χ1v) is 11.1. The molecule has 1 aromatic heterocycles. The summed E-state index contributed by atoms with van der Waals surface area (Å²) in [6, 6.07) is 3.50. The molecule has 2 amide bonds. The van der Waals surface area contributed by atoms with Gasteiger partial charge in [0.15, 0.2) is 0 Å². The molecule has 1 fully saturated rings. The summed E-state index contributed by atoms with van der Waals surface area (Å²) in [6.45, 7) is 15.0. The third-order valence-electron chi connectivity index (χ3n) is 4.76. The van der Waals surface area contributed by atoms with Crippen LogP contribution in [0, 0.1) is 31.1 Å².